The number of hydrogen-bond donors (Lipinski definition) is 2. The van der Waals surface area contributed by atoms with E-state index in [0.717, 1.165) is 11.1 Å². The van der Waals surface area contributed by atoms with Gasteiger partial charge in [0.15, 0.2) is 5.43 Å². The molecule has 4 aromatic rings. The summed E-state index contributed by atoms with van der Waals surface area (Å²) in [6.07, 6.45) is 0. The number of rotatable bonds is 3. The minimum Gasteiger partial charge on any atom is -0.508 e. The molecule has 0 aliphatic heterocycles. The van der Waals surface area contributed by atoms with Crippen molar-refractivity contribution in [3.63, 3.8) is 0 Å². The van der Waals surface area contributed by atoms with E-state index in [4.69, 9.17) is 4.42 Å². The Bertz CT molecular complexity index is 1290. The molecule has 3 aromatic carbocycles. The molecule has 144 valence electrons. The van der Waals surface area contributed by atoms with Gasteiger partial charge in [0.1, 0.15) is 17.1 Å². The third kappa shape index (κ3) is 3.75. The molecule has 0 fully saturated rings. The highest BCUT2D eigenvalue weighted by Crippen LogP contribution is 2.25. The van der Waals surface area contributed by atoms with E-state index in [9.17, 15) is 14.7 Å². The van der Waals surface area contributed by atoms with Gasteiger partial charge in [0.25, 0.3) is 5.91 Å². The fourth-order valence-electron chi connectivity index (χ4n) is 3.32. The Balaban J connectivity index is 1.64. The molecule has 0 aliphatic rings. The molecule has 0 spiro atoms. The minimum atomic E-state index is -0.298. The summed E-state index contributed by atoms with van der Waals surface area (Å²) >= 11 is 0. The van der Waals surface area contributed by atoms with E-state index >= 15 is 0 Å². The number of benzene rings is 3. The average molecular weight is 385 g/mol. The summed E-state index contributed by atoms with van der Waals surface area (Å²) in [5.74, 6) is 0.234. The van der Waals surface area contributed by atoms with Gasteiger partial charge in [0.05, 0.1) is 5.39 Å². The van der Waals surface area contributed by atoms with Gasteiger partial charge in [-0.3, -0.25) is 9.59 Å². The van der Waals surface area contributed by atoms with Crippen molar-refractivity contribution in [2.75, 3.05) is 5.32 Å². The van der Waals surface area contributed by atoms with Crippen molar-refractivity contribution in [1.82, 2.24) is 0 Å². The zero-order chi connectivity index (χ0) is 20.5. The lowest BCUT2D eigenvalue weighted by Crippen LogP contribution is -2.11. The van der Waals surface area contributed by atoms with Crippen LogP contribution in [0.15, 0.2) is 75.9 Å². The van der Waals surface area contributed by atoms with Gasteiger partial charge < -0.3 is 14.8 Å². The molecule has 2 N–H and O–H groups in total. The monoisotopic (exact) mass is 385 g/mol. The van der Waals surface area contributed by atoms with E-state index in [1.54, 1.807) is 36.4 Å². The third-order valence-corrected chi connectivity index (χ3v) is 4.69. The number of carbonyl (C=O) groups is 1. The van der Waals surface area contributed by atoms with E-state index in [1.807, 2.05) is 26.0 Å². The minimum absolute atomic E-state index is 0.0787. The SMILES string of the molecule is Cc1cc(C)c2oc(-c3ccc(C(=O)Nc4cccc(O)c4)cc3)cc(=O)c2c1. The highest BCUT2D eigenvalue weighted by atomic mass is 16.3. The number of nitrogens with one attached hydrogen (secondary N) is 1. The first-order valence-electron chi connectivity index (χ1n) is 9.16. The molecule has 0 atom stereocenters. The molecule has 0 bridgehead atoms. The van der Waals surface area contributed by atoms with E-state index in [-0.39, 0.29) is 17.1 Å². The van der Waals surface area contributed by atoms with E-state index in [0.29, 0.717) is 33.5 Å². The normalized spacial score (nSPS) is 10.8. The van der Waals surface area contributed by atoms with Gasteiger partial charge in [-0.05, 0) is 55.3 Å². The molecule has 5 nitrogen and oxygen atoms in total. The van der Waals surface area contributed by atoms with Gasteiger partial charge in [-0.2, -0.15) is 0 Å². The number of aryl methyl sites for hydroxylation is 2. The smallest absolute Gasteiger partial charge is 0.255 e. The molecule has 4 rings (SSSR count). The lowest BCUT2D eigenvalue weighted by atomic mass is 10.1. The Kier molecular flexibility index (Phi) is 4.64. The Hall–Kier alpha value is -3.86. The molecule has 5 heteroatoms. The van der Waals surface area contributed by atoms with Crippen LogP contribution in [-0.4, -0.2) is 11.0 Å². The van der Waals surface area contributed by atoms with Crippen LogP contribution >= 0.6 is 0 Å². The van der Waals surface area contributed by atoms with Gasteiger partial charge in [-0.1, -0.05) is 24.3 Å². The summed E-state index contributed by atoms with van der Waals surface area (Å²) in [5.41, 5.74) is 4.05. The van der Waals surface area contributed by atoms with Crippen LogP contribution in [0.2, 0.25) is 0 Å². The second-order valence-electron chi connectivity index (χ2n) is 7.02. The number of fused-ring (bicyclic) bond motifs is 1. The van der Waals surface area contributed by atoms with Crippen molar-refractivity contribution in [1.29, 1.82) is 0 Å². The summed E-state index contributed by atoms with van der Waals surface area (Å²) in [6.45, 7) is 3.86. The second kappa shape index (κ2) is 7.28. The fraction of sp³-hybridized carbons (Fsp3) is 0.0833. The first kappa shape index (κ1) is 18.5. The van der Waals surface area contributed by atoms with Gasteiger partial charge in [-0.15, -0.1) is 0 Å². The van der Waals surface area contributed by atoms with Crippen molar-refractivity contribution in [2.24, 2.45) is 0 Å². The van der Waals surface area contributed by atoms with Crippen LogP contribution in [0.4, 0.5) is 5.69 Å². The van der Waals surface area contributed by atoms with Crippen LogP contribution in [-0.2, 0) is 0 Å². The summed E-state index contributed by atoms with van der Waals surface area (Å²) in [6, 6.07) is 18.4. The summed E-state index contributed by atoms with van der Waals surface area (Å²) < 4.78 is 6.00. The zero-order valence-electron chi connectivity index (χ0n) is 16.0. The lowest BCUT2D eigenvalue weighted by Gasteiger charge is -2.08. The van der Waals surface area contributed by atoms with Gasteiger partial charge in [-0.25, -0.2) is 0 Å². The summed E-state index contributed by atoms with van der Waals surface area (Å²) in [4.78, 5) is 25.0. The predicted octanol–water partition coefficient (Wildman–Crippen LogP) is 5.03. The number of hydrogen-bond acceptors (Lipinski definition) is 4. The molecule has 0 aliphatic carbocycles. The number of anilines is 1. The number of amides is 1. The largest absolute Gasteiger partial charge is 0.508 e. The standard InChI is InChI=1S/C24H19NO4/c1-14-10-15(2)23-20(11-14)21(27)13-22(29-23)16-6-8-17(9-7-16)24(28)25-18-4-3-5-19(26)12-18/h3-13,26H,1-2H3,(H,25,28). The number of phenols is 1. The van der Waals surface area contributed by atoms with Crippen molar-refractivity contribution < 1.29 is 14.3 Å². The second-order valence-corrected chi connectivity index (χ2v) is 7.02. The average Bonchev–Trinajstić information content (AvgIpc) is 2.69. The van der Waals surface area contributed by atoms with E-state index in [1.165, 1.54) is 18.2 Å². The van der Waals surface area contributed by atoms with E-state index in [2.05, 4.69) is 5.32 Å². The highest BCUT2D eigenvalue weighted by molar-refractivity contribution is 6.04. The van der Waals surface area contributed by atoms with Crippen LogP contribution in [0.3, 0.4) is 0 Å². The van der Waals surface area contributed by atoms with Crippen molar-refractivity contribution in [3.05, 3.63) is 93.6 Å². The van der Waals surface area contributed by atoms with Crippen molar-refractivity contribution in [3.8, 4) is 17.1 Å². The molecule has 1 heterocycles. The zero-order valence-corrected chi connectivity index (χ0v) is 16.0. The first-order valence-corrected chi connectivity index (χ1v) is 9.16. The van der Waals surface area contributed by atoms with Crippen LogP contribution in [0.1, 0.15) is 21.5 Å². The quantitative estimate of drug-likeness (QED) is 0.518. The van der Waals surface area contributed by atoms with Gasteiger partial charge >= 0.3 is 0 Å². The number of carbonyl (C=O) groups excluding carboxylic acids is 1. The van der Waals surface area contributed by atoms with E-state index < -0.39 is 0 Å². The Morgan fingerprint density at radius 2 is 1.72 bits per heavy atom. The molecular weight excluding hydrogens is 366 g/mol. The van der Waals surface area contributed by atoms with Crippen LogP contribution in [0.5, 0.6) is 5.75 Å². The third-order valence-electron chi connectivity index (χ3n) is 4.69. The fourth-order valence-corrected chi connectivity index (χ4v) is 3.32. The van der Waals surface area contributed by atoms with Crippen LogP contribution in [0, 0.1) is 13.8 Å². The Labute approximate surface area is 167 Å². The molecule has 1 aromatic heterocycles. The first-order chi connectivity index (χ1) is 13.9. The summed E-state index contributed by atoms with van der Waals surface area (Å²) in [5, 5.41) is 12.8. The Morgan fingerprint density at radius 1 is 0.966 bits per heavy atom. The predicted molar refractivity (Wildman–Crippen MR) is 113 cm³/mol. The molecular formula is C24H19NO4. The van der Waals surface area contributed by atoms with Crippen LogP contribution < -0.4 is 10.7 Å². The molecule has 0 unspecified atom stereocenters. The van der Waals surface area contributed by atoms with Crippen molar-refractivity contribution >= 4 is 22.6 Å². The molecule has 29 heavy (non-hydrogen) atoms. The Morgan fingerprint density at radius 3 is 2.45 bits per heavy atom. The molecule has 1 amide bonds. The maximum atomic E-state index is 12.5. The van der Waals surface area contributed by atoms with Gasteiger partial charge in [0.2, 0.25) is 0 Å². The highest BCUT2D eigenvalue weighted by Gasteiger charge is 2.11. The molecule has 0 radical (unpaired) electrons. The lowest BCUT2D eigenvalue weighted by molar-refractivity contribution is 0.102. The maximum Gasteiger partial charge on any atom is 0.255 e. The van der Waals surface area contributed by atoms with Crippen LogP contribution in [0.25, 0.3) is 22.3 Å². The topological polar surface area (TPSA) is 79.5 Å². The number of aromatic hydroxyl groups is 1. The maximum absolute atomic E-state index is 12.5. The summed E-state index contributed by atoms with van der Waals surface area (Å²) in [7, 11) is 0. The number of phenolic OH excluding ortho intramolecular Hbond substituents is 1. The molecule has 0 saturated carbocycles. The molecule has 0 saturated heterocycles. The van der Waals surface area contributed by atoms with Gasteiger partial charge in [0, 0.05) is 28.9 Å². The van der Waals surface area contributed by atoms with Crippen molar-refractivity contribution in [2.45, 2.75) is 13.8 Å².